The van der Waals surface area contributed by atoms with Crippen molar-refractivity contribution in [2.75, 3.05) is 19.5 Å². The van der Waals surface area contributed by atoms with Crippen molar-refractivity contribution in [3.63, 3.8) is 0 Å². The maximum absolute atomic E-state index is 11.3. The highest BCUT2D eigenvalue weighted by Gasteiger charge is 2.17. The van der Waals surface area contributed by atoms with Crippen LogP contribution in [0.15, 0.2) is 6.33 Å². The van der Waals surface area contributed by atoms with E-state index in [1.165, 1.54) is 13.4 Å². The second-order valence-corrected chi connectivity index (χ2v) is 2.36. The van der Waals surface area contributed by atoms with Crippen LogP contribution in [-0.2, 0) is 4.74 Å². The van der Waals surface area contributed by atoms with Crippen molar-refractivity contribution in [1.29, 1.82) is 0 Å². The zero-order valence-electron chi connectivity index (χ0n) is 7.98. The highest BCUT2D eigenvalue weighted by molar-refractivity contribution is 5.91. The average Bonchev–Trinajstić information content (AvgIpc) is 2.17. The van der Waals surface area contributed by atoms with E-state index in [-0.39, 0.29) is 23.9 Å². The van der Waals surface area contributed by atoms with Crippen LogP contribution in [0.5, 0.6) is 5.75 Å². The quantitative estimate of drug-likeness (QED) is 0.698. The molecule has 2 N–H and O–H groups in total. The van der Waals surface area contributed by atoms with Crippen LogP contribution in [0.2, 0.25) is 0 Å². The summed E-state index contributed by atoms with van der Waals surface area (Å²) >= 11 is 0. The van der Waals surface area contributed by atoms with Gasteiger partial charge in [0, 0.05) is 0 Å². The largest absolute Gasteiger partial charge is 0.491 e. The van der Waals surface area contributed by atoms with Gasteiger partial charge in [-0.05, 0) is 6.92 Å². The Bertz CT molecular complexity index is 341. The molecule has 0 radical (unpaired) electrons. The van der Waals surface area contributed by atoms with E-state index in [2.05, 4.69) is 9.97 Å². The number of nitrogens with two attached hydrogens (primary N) is 1. The molecule has 0 unspecified atom stereocenters. The Labute approximate surface area is 81.1 Å². The SMILES string of the molecule is CCOC(=O)c1ncnc(N)c1OC. The Morgan fingerprint density at radius 2 is 2.29 bits per heavy atom. The van der Waals surface area contributed by atoms with E-state index in [0.717, 1.165) is 0 Å². The summed E-state index contributed by atoms with van der Waals surface area (Å²) in [7, 11) is 1.39. The fourth-order valence-corrected chi connectivity index (χ4v) is 0.933. The molecule has 0 saturated heterocycles. The van der Waals surface area contributed by atoms with Gasteiger partial charge in [-0.1, -0.05) is 0 Å². The second-order valence-electron chi connectivity index (χ2n) is 2.36. The first kappa shape index (κ1) is 10.2. The van der Waals surface area contributed by atoms with Crippen molar-refractivity contribution in [3.05, 3.63) is 12.0 Å². The lowest BCUT2D eigenvalue weighted by atomic mass is 10.3. The van der Waals surface area contributed by atoms with Crippen LogP contribution in [0.3, 0.4) is 0 Å². The Kier molecular flexibility index (Phi) is 3.22. The fourth-order valence-electron chi connectivity index (χ4n) is 0.933. The molecule has 0 bridgehead atoms. The molecule has 0 atom stereocenters. The number of carbonyl (C=O) groups excluding carboxylic acids is 1. The Morgan fingerprint density at radius 1 is 1.57 bits per heavy atom. The highest BCUT2D eigenvalue weighted by Crippen LogP contribution is 2.21. The molecule has 1 heterocycles. The van der Waals surface area contributed by atoms with Crippen molar-refractivity contribution in [2.24, 2.45) is 0 Å². The molecule has 0 fully saturated rings. The third-order valence-electron chi connectivity index (χ3n) is 1.50. The maximum atomic E-state index is 11.3. The number of ether oxygens (including phenoxy) is 2. The lowest BCUT2D eigenvalue weighted by Gasteiger charge is -2.07. The van der Waals surface area contributed by atoms with Crippen molar-refractivity contribution < 1.29 is 14.3 Å². The van der Waals surface area contributed by atoms with Crippen LogP contribution in [0, 0.1) is 0 Å². The topological polar surface area (TPSA) is 87.3 Å². The van der Waals surface area contributed by atoms with Crippen LogP contribution in [-0.4, -0.2) is 29.7 Å². The van der Waals surface area contributed by atoms with Gasteiger partial charge in [-0.15, -0.1) is 0 Å². The minimum Gasteiger partial charge on any atom is -0.491 e. The molecule has 0 aromatic carbocycles. The van der Waals surface area contributed by atoms with E-state index in [0.29, 0.717) is 0 Å². The predicted octanol–water partition coefficient (Wildman–Crippen LogP) is 0.244. The molecule has 1 rings (SSSR count). The summed E-state index contributed by atoms with van der Waals surface area (Å²) in [6, 6.07) is 0. The summed E-state index contributed by atoms with van der Waals surface area (Å²) in [6.07, 6.45) is 1.18. The number of methoxy groups -OCH3 is 1. The molecular formula is C8H11N3O3. The van der Waals surface area contributed by atoms with E-state index < -0.39 is 5.97 Å². The monoisotopic (exact) mass is 197 g/mol. The van der Waals surface area contributed by atoms with Crippen LogP contribution in [0.4, 0.5) is 5.82 Å². The standard InChI is InChI=1S/C8H11N3O3/c1-3-14-8(12)5-6(13-2)7(9)11-4-10-5/h4H,3H2,1-2H3,(H2,9,10,11). The number of hydrogen-bond acceptors (Lipinski definition) is 6. The van der Waals surface area contributed by atoms with Crippen molar-refractivity contribution >= 4 is 11.8 Å². The van der Waals surface area contributed by atoms with Crippen LogP contribution in [0.1, 0.15) is 17.4 Å². The molecule has 1 aromatic rings. The van der Waals surface area contributed by atoms with E-state index in [1.807, 2.05) is 0 Å². The number of aromatic nitrogens is 2. The second kappa shape index (κ2) is 4.40. The van der Waals surface area contributed by atoms with Crippen molar-refractivity contribution in [3.8, 4) is 5.75 Å². The molecule has 0 aliphatic heterocycles. The zero-order chi connectivity index (χ0) is 10.6. The van der Waals surface area contributed by atoms with Gasteiger partial charge >= 0.3 is 5.97 Å². The van der Waals surface area contributed by atoms with Gasteiger partial charge in [0.15, 0.2) is 17.3 Å². The molecule has 0 amide bonds. The summed E-state index contributed by atoms with van der Waals surface area (Å²) in [4.78, 5) is 18.8. The number of nitrogens with zero attached hydrogens (tertiary/aromatic N) is 2. The van der Waals surface area contributed by atoms with Gasteiger partial charge in [0.05, 0.1) is 13.7 Å². The molecule has 6 nitrogen and oxygen atoms in total. The normalized spacial score (nSPS) is 9.57. The van der Waals surface area contributed by atoms with Crippen molar-refractivity contribution in [2.45, 2.75) is 6.92 Å². The highest BCUT2D eigenvalue weighted by atomic mass is 16.5. The van der Waals surface area contributed by atoms with Crippen LogP contribution >= 0.6 is 0 Å². The molecule has 14 heavy (non-hydrogen) atoms. The zero-order valence-corrected chi connectivity index (χ0v) is 7.98. The minimum atomic E-state index is -0.571. The minimum absolute atomic E-state index is 0.0434. The molecule has 1 aromatic heterocycles. The Morgan fingerprint density at radius 3 is 2.86 bits per heavy atom. The van der Waals surface area contributed by atoms with E-state index >= 15 is 0 Å². The number of rotatable bonds is 3. The van der Waals surface area contributed by atoms with E-state index in [1.54, 1.807) is 6.92 Å². The van der Waals surface area contributed by atoms with E-state index in [4.69, 9.17) is 15.2 Å². The first-order chi connectivity index (χ1) is 6.70. The third kappa shape index (κ3) is 1.90. The summed E-state index contributed by atoms with van der Waals surface area (Å²) in [5.41, 5.74) is 5.53. The summed E-state index contributed by atoms with van der Waals surface area (Å²) in [6.45, 7) is 1.97. The van der Waals surface area contributed by atoms with Gasteiger partial charge in [0.2, 0.25) is 0 Å². The molecule has 6 heteroatoms. The molecular weight excluding hydrogens is 186 g/mol. The van der Waals surface area contributed by atoms with E-state index in [9.17, 15) is 4.79 Å². The number of nitrogen functional groups attached to an aromatic ring is 1. The van der Waals surface area contributed by atoms with Gasteiger partial charge < -0.3 is 15.2 Å². The third-order valence-corrected chi connectivity index (χ3v) is 1.50. The Hall–Kier alpha value is -1.85. The first-order valence-corrected chi connectivity index (χ1v) is 4.02. The van der Waals surface area contributed by atoms with Crippen LogP contribution < -0.4 is 10.5 Å². The Balaban J connectivity index is 3.07. The smallest absolute Gasteiger partial charge is 0.361 e. The number of anilines is 1. The number of hydrogen-bond donors (Lipinski definition) is 1. The molecule has 0 spiro atoms. The first-order valence-electron chi connectivity index (χ1n) is 4.02. The van der Waals surface area contributed by atoms with Gasteiger partial charge in [-0.2, -0.15) is 0 Å². The van der Waals surface area contributed by atoms with Gasteiger partial charge in [0.25, 0.3) is 0 Å². The molecule has 76 valence electrons. The molecule has 0 aliphatic rings. The molecule has 0 saturated carbocycles. The van der Waals surface area contributed by atoms with Gasteiger partial charge in [-0.3, -0.25) is 0 Å². The number of carbonyl (C=O) groups is 1. The number of esters is 1. The van der Waals surface area contributed by atoms with Crippen molar-refractivity contribution in [1.82, 2.24) is 9.97 Å². The van der Waals surface area contributed by atoms with Gasteiger partial charge in [-0.25, -0.2) is 14.8 Å². The summed E-state index contributed by atoms with van der Waals surface area (Å²) in [5.74, 6) is -0.310. The van der Waals surface area contributed by atoms with Gasteiger partial charge in [0.1, 0.15) is 6.33 Å². The molecule has 0 aliphatic carbocycles. The summed E-state index contributed by atoms with van der Waals surface area (Å²) < 4.78 is 9.65. The lowest BCUT2D eigenvalue weighted by Crippen LogP contribution is -2.11. The fraction of sp³-hybridized carbons (Fsp3) is 0.375. The summed E-state index contributed by atoms with van der Waals surface area (Å²) in [5, 5.41) is 0. The average molecular weight is 197 g/mol. The van der Waals surface area contributed by atoms with Crippen LogP contribution in [0.25, 0.3) is 0 Å². The maximum Gasteiger partial charge on any atom is 0.361 e. The predicted molar refractivity (Wildman–Crippen MR) is 49.0 cm³/mol. The lowest BCUT2D eigenvalue weighted by molar-refractivity contribution is 0.0515.